The third-order valence-corrected chi connectivity index (χ3v) is 6.72. The van der Waals surface area contributed by atoms with Crippen molar-refractivity contribution in [1.82, 2.24) is 9.80 Å². The average molecular weight is 461 g/mol. The number of aliphatic hydroxyl groups excluding tert-OH is 1. The van der Waals surface area contributed by atoms with Crippen LogP contribution in [0.2, 0.25) is 0 Å². The molecular weight excluding hydrogens is 428 g/mol. The number of piperidine rings is 2. The van der Waals surface area contributed by atoms with Gasteiger partial charge in [0.2, 0.25) is 5.91 Å². The van der Waals surface area contributed by atoms with E-state index in [1.165, 1.54) is 0 Å². The van der Waals surface area contributed by atoms with Crippen LogP contribution in [0.15, 0.2) is 48.5 Å². The van der Waals surface area contributed by atoms with Gasteiger partial charge in [0.15, 0.2) is 0 Å². The molecule has 0 radical (unpaired) electrons. The first-order chi connectivity index (χ1) is 16.6. The number of aliphatic hydroxyl groups is 1. The van der Waals surface area contributed by atoms with Crippen LogP contribution in [0.3, 0.4) is 0 Å². The molecule has 2 fully saturated rings. The van der Waals surface area contributed by atoms with Crippen LogP contribution < -0.4 is 4.74 Å². The van der Waals surface area contributed by atoms with E-state index in [-0.39, 0.29) is 30.3 Å². The van der Waals surface area contributed by atoms with Gasteiger partial charge in [-0.3, -0.25) is 9.59 Å². The lowest BCUT2D eigenvalue weighted by atomic mass is 9.93. The molecule has 2 aliphatic heterocycles. The predicted molar refractivity (Wildman–Crippen MR) is 130 cm³/mol. The maximum Gasteiger partial charge on any atom is 0.253 e. The Morgan fingerprint density at radius 1 is 0.912 bits per heavy atom. The number of likely N-dealkylation sites (tertiary alicyclic amines) is 2. The monoisotopic (exact) mass is 460 g/mol. The zero-order valence-corrected chi connectivity index (χ0v) is 19.7. The van der Waals surface area contributed by atoms with Gasteiger partial charge in [-0.1, -0.05) is 11.8 Å². The van der Waals surface area contributed by atoms with Gasteiger partial charge in [-0.25, -0.2) is 0 Å². The lowest BCUT2D eigenvalue weighted by Gasteiger charge is -2.38. The normalized spacial score (nSPS) is 20.3. The zero-order chi connectivity index (χ0) is 23.9. The molecule has 4 rings (SSSR count). The Labute approximate surface area is 201 Å². The van der Waals surface area contributed by atoms with E-state index in [1.807, 2.05) is 53.4 Å². The van der Waals surface area contributed by atoms with Gasteiger partial charge in [0.05, 0.1) is 13.0 Å². The molecule has 2 aromatic rings. The summed E-state index contributed by atoms with van der Waals surface area (Å²) < 4.78 is 5.16. The van der Waals surface area contributed by atoms with Crippen LogP contribution >= 0.6 is 0 Å². The van der Waals surface area contributed by atoms with Crippen LogP contribution in [0.25, 0.3) is 0 Å². The summed E-state index contributed by atoms with van der Waals surface area (Å²) in [6, 6.07) is 14.9. The van der Waals surface area contributed by atoms with E-state index < -0.39 is 0 Å². The van der Waals surface area contributed by atoms with Crippen molar-refractivity contribution in [3.8, 4) is 17.6 Å². The smallest absolute Gasteiger partial charge is 0.253 e. The van der Waals surface area contributed by atoms with E-state index in [0.717, 1.165) is 49.1 Å². The van der Waals surface area contributed by atoms with Gasteiger partial charge in [0.1, 0.15) is 5.75 Å². The highest BCUT2D eigenvalue weighted by atomic mass is 16.5. The van der Waals surface area contributed by atoms with Crippen molar-refractivity contribution in [3.63, 3.8) is 0 Å². The van der Waals surface area contributed by atoms with E-state index >= 15 is 0 Å². The zero-order valence-electron chi connectivity index (χ0n) is 19.7. The first-order valence-electron chi connectivity index (χ1n) is 12.0. The molecule has 34 heavy (non-hydrogen) atoms. The minimum absolute atomic E-state index is 0.0426. The Morgan fingerprint density at radius 2 is 1.53 bits per heavy atom. The highest BCUT2D eigenvalue weighted by molar-refractivity contribution is 5.95. The molecule has 0 saturated carbocycles. The maximum atomic E-state index is 13.1. The van der Waals surface area contributed by atoms with Crippen LogP contribution in [0, 0.1) is 23.7 Å². The van der Waals surface area contributed by atoms with Gasteiger partial charge in [-0.05, 0) is 80.1 Å². The molecule has 2 amide bonds. The van der Waals surface area contributed by atoms with Gasteiger partial charge >= 0.3 is 0 Å². The second-order valence-electron chi connectivity index (χ2n) is 9.12. The number of hydrogen-bond donors (Lipinski definition) is 1. The molecule has 178 valence electrons. The van der Waals surface area contributed by atoms with Crippen LogP contribution in [0.4, 0.5) is 0 Å². The van der Waals surface area contributed by atoms with Gasteiger partial charge < -0.3 is 19.6 Å². The highest BCUT2D eigenvalue weighted by Gasteiger charge is 2.33. The number of benzene rings is 2. The Kier molecular flexibility index (Phi) is 7.87. The summed E-state index contributed by atoms with van der Waals surface area (Å²) in [7, 11) is 1.63. The molecule has 0 spiro atoms. The first-order valence-corrected chi connectivity index (χ1v) is 12.0. The quantitative estimate of drug-likeness (QED) is 0.712. The van der Waals surface area contributed by atoms with Crippen LogP contribution in [0.1, 0.15) is 47.2 Å². The molecule has 6 nitrogen and oxygen atoms in total. The fourth-order valence-corrected chi connectivity index (χ4v) is 4.73. The SMILES string of the molecule is COc1ccc(C#Cc2ccc(C(=O)N3CCC[C@H](C(=O)N4CCCC(CO)C4)C3)cc2)cc1. The molecule has 1 unspecified atom stereocenters. The number of carbonyl (C=O) groups excluding carboxylic acids is 2. The second-order valence-corrected chi connectivity index (χ2v) is 9.12. The van der Waals surface area contributed by atoms with E-state index in [0.29, 0.717) is 25.2 Å². The van der Waals surface area contributed by atoms with E-state index in [4.69, 9.17) is 4.74 Å². The Balaban J connectivity index is 1.36. The number of amides is 2. The number of ether oxygens (including phenoxy) is 1. The third kappa shape index (κ3) is 5.78. The standard InChI is InChI=1S/C28H32N2O4/c1-34-26-14-10-22(11-15-26)7-6-21-8-12-24(13-9-21)27(32)30-17-3-5-25(19-30)28(33)29-16-2-4-23(18-29)20-31/h8-15,23,25,31H,2-5,16-20H2,1H3/t23?,25-/m0/s1. The van der Waals surface area contributed by atoms with Crippen LogP contribution in [0.5, 0.6) is 5.75 Å². The Bertz CT molecular complexity index is 1050. The number of carbonyl (C=O) groups is 2. The summed E-state index contributed by atoms with van der Waals surface area (Å²) in [4.78, 5) is 29.9. The van der Waals surface area contributed by atoms with Crippen molar-refractivity contribution in [1.29, 1.82) is 0 Å². The van der Waals surface area contributed by atoms with E-state index in [1.54, 1.807) is 12.0 Å². The highest BCUT2D eigenvalue weighted by Crippen LogP contribution is 2.24. The van der Waals surface area contributed by atoms with Crippen molar-refractivity contribution in [2.75, 3.05) is 39.9 Å². The fraction of sp³-hybridized carbons (Fsp3) is 0.429. The number of methoxy groups -OCH3 is 1. The first kappa shape index (κ1) is 23.8. The predicted octanol–water partition coefficient (Wildman–Crippen LogP) is 3.18. The van der Waals surface area contributed by atoms with Gasteiger partial charge in [0, 0.05) is 49.5 Å². The lowest BCUT2D eigenvalue weighted by molar-refractivity contribution is -0.139. The van der Waals surface area contributed by atoms with Crippen molar-refractivity contribution in [3.05, 3.63) is 65.2 Å². The van der Waals surface area contributed by atoms with E-state index in [2.05, 4.69) is 11.8 Å². The molecule has 2 aromatic carbocycles. The topological polar surface area (TPSA) is 70.1 Å². The molecule has 0 bridgehead atoms. The molecule has 2 atom stereocenters. The largest absolute Gasteiger partial charge is 0.497 e. The third-order valence-electron chi connectivity index (χ3n) is 6.72. The second kappa shape index (κ2) is 11.2. The number of nitrogens with zero attached hydrogens (tertiary/aromatic N) is 2. The summed E-state index contributed by atoms with van der Waals surface area (Å²) in [6.07, 6.45) is 3.53. The fourth-order valence-electron chi connectivity index (χ4n) is 4.73. The van der Waals surface area contributed by atoms with Crippen molar-refractivity contribution in [2.45, 2.75) is 25.7 Å². The van der Waals surface area contributed by atoms with Crippen molar-refractivity contribution >= 4 is 11.8 Å². The molecular formula is C28H32N2O4. The molecule has 1 N–H and O–H groups in total. The number of rotatable bonds is 4. The molecule has 0 aliphatic carbocycles. The molecule has 2 aliphatic rings. The molecule has 2 heterocycles. The molecule has 6 heteroatoms. The van der Waals surface area contributed by atoms with E-state index in [9.17, 15) is 14.7 Å². The van der Waals surface area contributed by atoms with Gasteiger partial charge in [-0.15, -0.1) is 0 Å². The van der Waals surface area contributed by atoms with Gasteiger partial charge in [0.25, 0.3) is 5.91 Å². The maximum absolute atomic E-state index is 13.1. The Hall–Kier alpha value is -3.30. The number of hydrogen-bond acceptors (Lipinski definition) is 4. The van der Waals surface area contributed by atoms with Crippen molar-refractivity contribution in [2.24, 2.45) is 11.8 Å². The average Bonchev–Trinajstić information content (AvgIpc) is 2.91. The summed E-state index contributed by atoms with van der Waals surface area (Å²) in [5.41, 5.74) is 2.34. The van der Waals surface area contributed by atoms with Crippen LogP contribution in [-0.2, 0) is 4.79 Å². The summed E-state index contributed by atoms with van der Waals surface area (Å²) in [5.74, 6) is 7.13. The van der Waals surface area contributed by atoms with Crippen molar-refractivity contribution < 1.29 is 19.4 Å². The summed E-state index contributed by atoms with van der Waals surface area (Å²) >= 11 is 0. The summed E-state index contributed by atoms with van der Waals surface area (Å²) in [5, 5.41) is 9.47. The molecule has 2 saturated heterocycles. The Morgan fingerprint density at radius 3 is 2.18 bits per heavy atom. The minimum atomic E-state index is -0.162. The summed E-state index contributed by atoms with van der Waals surface area (Å²) in [6.45, 7) is 2.62. The van der Waals surface area contributed by atoms with Gasteiger partial charge in [-0.2, -0.15) is 0 Å². The van der Waals surface area contributed by atoms with Crippen LogP contribution in [-0.4, -0.2) is 66.6 Å². The minimum Gasteiger partial charge on any atom is -0.497 e. The lowest BCUT2D eigenvalue weighted by Crippen LogP contribution is -2.49. The molecule has 0 aromatic heterocycles.